The summed E-state index contributed by atoms with van der Waals surface area (Å²) in [5, 5.41) is 118. The molecule has 0 bridgehead atoms. The van der Waals surface area contributed by atoms with Crippen LogP contribution in [0.2, 0.25) is 10.0 Å². The summed E-state index contributed by atoms with van der Waals surface area (Å²) in [7, 11) is 0. The number of benzene rings is 2. The summed E-state index contributed by atoms with van der Waals surface area (Å²) in [5.41, 5.74) is 40.6. The number of nitrogens with two attached hydrogens (primary N) is 6. The van der Waals surface area contributed by atoms with E-state index in [2.05, 4.69) is 57.1 Å². The zero-order valence-corrected chi connectivity index (χ0v) is 61.4. The van der Waals surface area contributed by atoms with Crippen molar-refractivity contribution in [2.45, 2.75) is 232 Å². The third-order valence-corrected chi connectivity index (χ3v) is 17.3. The number of aliphatic hydroxyl groups is 6. The Labute approximate surface area is 646 Å². The van der Waals surface area contributed by atoms with Gasteiger partial charge in [0.2, 0.25) is 0 Å². The highest BCUT2D eigenvalue weighted by molar-refractivity contribution is 6.35. The lowest BCUT2D eigenvalue weighted by Crippen LogP contribution is -2.68. The first-order valence-corrected chi connectivity index (χ1v) is 33.2. The summed E-state index contributed by atoms with van der Waals surface area (Å²) in [4.78, 5) is 53.4. The van der Waals surface area contributed by atoms with Crippen molar-refractivity contribution >= 4 is 59.0 Å². The molecule has 1 aromatic heterocycles. The van der Waals surface area contributed by atoms with Crippen LogP contribution in [0.25, 0.3) is 0 Å². The summed E-state index contributed by atoms with van der Waals surface area (Å²) in [6.45, 7) is 11.2. The maximum absolute atomic E-state index is 12.0. The van der Waals surface area contributed by atoms with E-state index in [1.807, 2.05) is 18.2 Å². The van der Waals surface area contributed by atoms with Crippen molar-refractivity contribution in [3.8, 4) is 5.75 Å². The van der Waals surface area contributed by atoms with Crippen molar-refractivity contribution in [3.63, 3.8) is 0 Å². The van der Waals surface area contributed by atoms with Crippen LogP contribution in [0.5, 0.6) is 5.75 Å². The molecule has 19 atom stereocenters. The monoisotopic (exact) mass is 1750 g/mol. The first kappa shape index (κ1) is 106. The molecule has 1 aliphatic carbocycles. The molecule has 115 heavy (non-hydrogen) atoms. The number of ether oxygens (including phenoxy) is 7. The molecule has 4 aliphatic rings. The Balaban J connectivity index is 0.00000127. The van der Waals surface area contributed by atoms with Gasteiger partial charge >= 0.3 is 72.9 Å². The maximum Gasteiger partial charge on any atom is 0.490 e. The van der Waals surface area contributed by atoms with Gasteiger partial charge in [-0.1, -0.05) is 81.2 Å². The molecule has 3 saturated heterocycles. The van der Waals surface area contributed by atoms with Crippen LogP contribution in [0.3, 0.4) is 0 Å². The van der Waals surface area contributed by atoms with Crippen molar-refractivity contribution < 1.29 is 202 Å². The molecule has 0 unspecified atom stereocenters. The Morgan fingerprint density at radius 1 is 0.496 bits per heavy atom. The average molecular weight is 1760 g/mol. The lowest BCUT2D eigenvalue weighted by atomic mass is 9.65. The first-order valence-electron chi connectivity index (χ1n) is 32.4. The van der Waals surface area contributed by atoms with Gasteiger partial charge in [-0.05, 0) is 71.4 Å². The smallest absolute Gasteiger partial charge is 0.490 e. The number of nitrogens with zero attached hydrogens (tertiary/aromatic N) is 3. The second-order valence-corrected chi connectivity index (χ2v) is 27.1. The average Bonchev–Trinajstić information content (AvgIpc) is 1.76. The number of aliphatic carboxylic acids is 6. The van der Waals surface area contributed by atoms with E-state index >= 15 is 0 Å². The number of hydrogen-bond donors (Lipinski definition) is 18. The van der Waals surface area contributed by atoms with Gasteiger partial charge in [-0.3, -0.25) is 0 Å². The fourth-order valence-corrected chi connectivity index (χ4v) is 10.1. The highest BCUT2D eigenvalue weighted by Gasteiger charge is 2.55. The molecule has 1 saturated carbocycles. The van der Waals surface area contributed by atoms with Crippen LogP contribution in [0.1, 0.15) is 76.3 Å². The van der Waals surface area contributed by atoms with Crippen molar-refractivity contribution in [1.29, 1.82) is 0 Å². The Kier molecular flexibility index (Phi) is 40.5. The Morgan fingerprint density at radius 3 is 1.27 bits per heavy atom. The number of carboxylic acids is 6. The number of hydrogen-bond acceptors (Lipinski definition) is 27. The number of alkyl halides is 18. The summed E-state index contributed by atoms with van der Waals surface area (Å²) >= 11 is 12.9. The third kappa shape index (κ3) is 33.6. The standard InChI is InChI=1S/C49H77Cl2N9O13.6C2HF3O2/c1-48(2,3)49(4,5)24-10-12-30(23(15-24)14-22-9-11-25(50)16-27(22)51)67-13-7-6-8-26-20-60(59-58-26)21-33-43(72-46-35(57)40(65)38(63)32(19-53)69-46)41(66)47(70-33)73-44-36(61)28(54)17-29(55)42(44)71-45-34(56)39(64)37(62)31(18-52)68-45;6*3-2(4,5)1(6)7/h9-12,15-16,20,28-29,31-47,61-66H,6-8,13-14,17-19,21,52-57H2,1-5H3;6*(H,6,7)/t28-,29+,31-,32+,33-,34-,35+,36+,37-,38+,39-,40+,41-,42-,43-,44-,45-,46-,47+;;;;;;/m1....../s1. The quantitative estimate of drug-likeness (QED) is 0.0606. The van der Waals surface area contributed by atoms with Crippen LogP contribution in [0.4, 0.5) is 79.0 Å². The summed E-state index contributed by atoms with van der Waals surface area (Å²) in [6.07, 6.45) is -46.3. The molecule has 3 aliphatic heterocycles. The van der Waals surface area contributed by atoms with Gasteiger partial charge in [0.25, 0.3) is 0 Å². The molecule has 24 N–H and O–H groups in total. The van der Waals surface area contributed by atoms with Gasteiger partial charge in [-0.25, -0.2) is 33.4 Å². The summed E-state index contributed by atoms with van der Waals surface area (Å²) in [5.74, 6) is -15.8. The van der Waals surface area contributed by atoms with E-state index in [4.69, 9.17) is 150 Å². The molecule has 3 aromatic rings. The van der Waals surface area contributed by atoms with E-state index in [9.17, 15) is 110 Å². The minimum atomic E-state index is -5.08. The minimum absolute atomic E-state index is 0.00737. The lowest BCUT2D eigenvalue weighted by molar-refractivity contribution is -0.306. The van der Waals surface area contributed by atoms with Crippen molar-refractivity contribution in [1.82, 2.24) is 15.0 Å². The van der Waals surface area contributed by atoms with Gasteiger partial charge in [0.05, 0.1) is 37.0 Å². The number of halogens is 20. The van der Waals surface area contributed by atoms with Crippen LogP contribution >= 0.6 is 23.2 Å². The first-order chi connectivity index (χ1) is 52.1. The lowest BCUT2D eigenvalue weighted by Gasteiger charge is -2.47. The van der Waals surface area contributed by atoms with Crippen LogP contribution in [0.15, 0.2) is 42.6 Å². The Hall–Kier alpha value is -7.20. The highest BCUT2D eigenvalue weighted by Crippen LogP contribution is 2.43. The van der Waals surface area contributed by atoms with Gasteiger partial charge < -0.3 is 129 Å². The zero-order chi connectivity index (χ0) is 89.7. The largest absolute Gasteiger partial charge is 0.493 e. The summed E-state index contributed by atoms with van der Waals surface area (Å²) < 4.78 is 235. The van der Waals surface area contributed by atoms with Crippen molar-refractivity contribution in [3.05, 3.63) is 75.0 Å². The van der Waals surface area contributed by atoms with E-state index in [0.717, 1.165) is 16.9 Å². The number of unbranched alkanes of at least 4 members (excludes halogenated alkanes) is 1. The number of aromatic nitrogens is 3. The third-order valence-electron chi connectivity index (χ3n) is 16.7. The zero-order valence-electron chi connectivity index (χ0n) is 59.9. The van der Waals surface area contributed by atoms with Gasteiger partial charge in [-0.15, -0.1) is 5.10 Å². The number of rotatable bonds is 19. The molecule has 4 heterocycles. The normalized spacial score (nSPS) is 27.2. The maximum atomic E-state index is 12.0. The topological polar surface area (TPSA) is 597 Å². The SMILES string of the molecule is CC(C)(C)C(C)(C)c1ccc(OCCCCc2cn(C[C@H]3O[C@@H](O[C@@H]4[C@@H](O)[C@H](N)C[C@H](N)[C@H]4O[C@H]4O[C@H](CN)[C@@H](O)[C@H](O)[C@H]4N)[C@H](O)[C@@H]3O[C@H]3O[C@@H](CN)[C@H](O)[C@@H](O)[C@@H]3N)nn2)c(Cc2ccc(Cl)cc2Cl)c1.O=C(O)C(F)(F)F.O=C(O)C(F)(F)F.O=C(O)C(F)(F)F.O=C(O)C(F)(F)F.O=C(O)C(F)(F)F.O=C(O)C(F)(F)F. The minimum Gasteiger partial charge on any atom is -0.493 e. The molecule has 7 rings (SSSR count). The van der Waals surface area contributed by atoms with Gasteiger partial charge in [-0.2, -0.15) is 79.0 Å². The molecule has 4 fully saturated rings. The van der Waals surface area contributed by atoms with Crippen LogP contribution in [0, 0.1) is 5.41 Å². The summed E-state index contributed by atoms with van der Waals surface area (Å²) in [6, 6.07) is 7.55. The molecule has 34 nitrogen and oxygen atoms in total. The van der Waals surface area contributed by atoms with E-state index in [0.29, 0.717) is 48.0 Å². The molecule has 0 spiro atoms. The van der Waals surface area contributed by atoms with E-state index in [-0.39, 0.29) is 36.9 Å². The predicted octanol–water partition coefficient (Wildman–Crippen LogP) is 2.83. The molecule has 0 amide bonds. The van der Waals surface area contributed by atoms with Crippen LogP contribution < -0.4 is 39.1 Å². The molecular weight excluding hydrogens is 1670 g/mol. The number of carbonyl (C=O) groups is 6. The molecule has 0 radical (unpaired) electrons. The molecular formula is C61H83Cl2F18N9O25. The molecule has 54 heteroatoms. The van der Waals surface area contributed by atoms with Gasteiger partial charge in [0, 0.05) is 47.8 Å². The number of aryl methyl sites for hydroxylation is 1. The Bertz CT molecular complexity index is 3400. The molecule has 2 aromatic carbocycles. The fraction of sp³-hybridized carbons (Fsp3) is 0.672. The Morgan fingerprint density at radius 2 is 0.887 bits per heavy atom. The van der Waals surface area contributed by atoms with Gasteiger partial charge in [0.15, 0.2) is 18.9 Å². The highest BCUT2D eigenvalue weighted by atomic mass is 35.5. The van der Waals surface area contributed by atoms with Crippen LogP contribution in [-0.4, -0.2) is 285 Å². The second kappa shape index (κ2) is 44.0. The van der Waals surface area contributed by atoms with E-state index in [1.54, 1.807) is 12.3 Å². The predicted molar refractivity (Wildman–Crippen MR) is 350 cm³/mol. The second-order valence-electron chi connectivity index (χ2n) is 26.2. The van der Waals surface area contributed by atoms with Crippen LogP contribution in [-0.2, 0) is 82.0 Å². The molecule has 662 valence electrons. The number of aliphatic hydroxyl groups excluding tert-OH is 6. The van der Waals surface area contributed by atoms with Crippen molar-refractivity contribution in [2.75, 3.05) is 19.7 Å². The van der Waals surface area contributed by atoms with E-state index < -0.39 is 189 Å². The van der Waals surface area contributed by atoms with Gasteiger partial charge in [0.1, 0.15) is 72.9 Å². The fourth-order valence-electron chi connectivity index (χ4n) is 9.61. The number of carboxylic acid groups (broad SMARTS) is 6. The van der Waals surface area contributed by atoms with Crippen molar-refractivity contribution in [2.24, 2.45) is 39.8 Å². The van der Waals surface area contributed by atoms with E-state index in [1.165, 1.54) is 10.2 Å².